The van der Waals surface area contributed by atoms with Crippen LogP contribution in [0.5, 0.6) is 17.2 Å². The number of fused-ring (bicyclic) bond motifs is 1. The summed E-state index contributed by atoms with van der Waals surface area (Å²) >= 11 is 6.50. The number of alkyl halides is 6. The lowest BCUT2D eigenvalue weighted by Gasteiger charge is -2.16. The fourth-order valence-electron chi connectivity index (χ4n) is 3.56. The van der Waals surface area contributed by atoms with Crippen LogP contribution in [0.2, 0.25) is 5.02 Å². The smallest absolute Gasteiger partial charge is 0.453 e. The van der Waals surface area contributed by atoms with E-state index in [0.717, 1.165) is 6.07 Å². The van der Waals surface area contributed by atoms with Crippen molar-refractivity contribution in [2.45, 2.75) is 32.1 Å². The van der Waals surface area contributed by atoms with E-state index in [2.05, 4.69) is 4.74 Å². The fourth-order valence-corrected chi connectivity index (χ4v) is 5.00. The summed E-state index contributed by atoms with van der Waals surface area (Å²) in [6, 6.07) is 9.28. The van der Waals surface area contributed by atoms with Gasteiger partial charge < -0.3 is 14.6 Å². The molecule has 0 aliphatic carbocycles. The number of H-pyrrole nitrogens is 1. The highest BCUT2D eigenvalue weighted by Crippen LogP contribution is 2.42. The lowest BCUT2D eigenvalue weighted by molar-refractivity contribution is -0.275. The molecule has 0 aliphatic heterocycles. The third-order valence-corrected chi connectivity index (χ3v) is 6.89. The van der Waals surface area contributed by atoms with Gasteiger partial charge in [-0.15, -0.1) is 24.5 Å². The number of aromatic nitrogens is 2. The number of benzene rings is 2. The normalized spacial score (nSPS) is 13.1. The Balaban J connectivity index is 1.84. The average Bonchev–Trinajstić information content (AvgIpc) is 3.15. The molecule has 7 nitrogen and oxygen atoms in total. The molecule has 4 rings (SSSR count). The number of hydrogen-bond donors (Lipinski definition) is 2. The molecule has 0 bridgehead atoms. The molecule has 202 valence electrons. The Bertz CT molecular complexity index is 1610. The van der Waals surface area contributed by atoms with Crippen LogP contribution in [-0.4, -0.2) is 33.3 Å². The van der Waals surface area contributed by atoms with E-state index in [1.165, 1.54) is 43.3 Å². The number of hydrogen-bond acceptors (Lipinski definition) is 6. The van der Waals surface area contributed by atoms with Crippen molar-refractivity contribution in [3.63, 3.8) is 0 Å². The van der Waals surface area contributed by atoms with Crippen molar-refractivity contribution in [3.8, 4) is 27.7 Å². The van der Waals surface area contributed by atoms with E-state index in [1.807, 2.05) is 4.98 Å². The van der Waals surface area contributed by atoms with Crippen LogP contribution in [-0.2, 0) is 6.54 Å². The van der Waals surface area contributed by atoms with E-state index in [-0.39, 0.29) is 37.7 Å². The van der Waals surface area contributed by atoms with Crippen LogP contribution in [0.1, 0.15) is 5.56 Å². The molecule has 2 heterocycles. The summed E-state index contributed by atoms with van der Waals surface area (Å²) < 4.78 is 88.5. The van der Waals surface area contributed by atoms with Crippen molar-refractivity contribution in [2.24, 2.45) is 0 Å². The molecule has 2 N–H and O–H groups in total. The van der Waals surface area contributed by atoms with Gasteiger partial charge >= 0.3 is 18.2 Å². The Morgan fingerprint density at radius 2 is 1.71 bits per heavy atom. The van der Waals surface area contributed by atoms with Gasteiger partial charge in [-0.05, 0) is 60.5 Å². The highest BCUT2D eigenvalue weighted by Gasteiger charge is 2.39. The second-order valence-corrected chi connectivity index (χ2v) is 9.36. The largest absolute Gasteiger partial charge is 0.573 e. The molecule has 0 saturated heterocycles. The zero-order chi connectivity index (χ0) is 28.0. The number of aromatic amines is 1. The first-order chi connectivity index (χ1) is 17.6. The van der Waals surface area contributed by atoms with Crippen molar-refractivity contribution in [1.29, 1.82) is 0 Å². The van der Waals surface area contributed by atoms with Gasteiger partial charge in [0.05, 0.1) is 11.9 Å². The van der Waals surface area contributed by atoms with Crippen molar-refractivity contribution in [3.05, 3.63) is 73.9 Å². The standard InChI is InChI=1S/C23H15ClF6N2O5S/c1-10-17-19(34)31-21(35)32(9-16(33)22(25,26)27)20(17)38-18(10)11-2-7-14(15(8-11)37-23(28,29)30)36-13-5-3-12(24)4-6-13/h2-8,16,33H,9H2,1H3,(H,31,34,35). The minimum atomic E-state index is -5.10. The molecular formula is C23H15ClF6N2O5S. The van der Waals surface area contributed by atoms with E-state index < -0.39 is 42.2 Å². The zero-order valence-electron chi connectivity index (χ0n) is 18.9. The summed E-state index contributed by atoms with van der Waals surface area (Å²) in [6.45, 7) is 0.214. The Morgan fingerprint density at radius 3 is 2.32 bits per heavy atom. The minimum Gasteiger partial charge on any atom is -0.453 e. The van der Waals surface area contributed by atoms with Gasteiger partial charge in [0.1, 0.15) is 10.6 Å². The maximum atomic E-state index is 13.2. The molecule has 38 heavy (non-hydrogen) atoms. The highest BCUT2D eigenvalue weighted by atomic mass is 35.5. The number of ether oxygens (including phenoxy) is 2. The molecule has 15 heteroatoms. The van der Waals surface area contributed by atoms with Crippen molar-refractivity contribution < 1.29 is 40.9 Å². The third kappa shape index (κ3) is 5.81. The summed E-state index contributed by atoms with van der Waals surface area (Å²) in [4.78, 5) is 26.7. The summed E-state index contributed by atoms with van der Waals surface area (Å²) in [6.07, 6.45) is -13.0. The lowest BCUT2D eigenvalue weighted by Crippen LogP contribution is -2.38. The van der Waals surface area contributed by atoms with E-state index in [0.29, 0.717) is 20.9 Å². The first-order valence-corrected chi connectivity index (χ1v) is 11.7. The van der Waals surface area contributed by atoms with Crippen LogP contribution in [0.15, 0.2) is 52.1 Å². The number of thiophene rings is 1. The van der Waals surface area contributed by atoms with Crippen LogP contribution in [0, 0.1) is 6.92 Å². The van der Waals surface area contributed by atoms with Crippen LogP contribution in [0.4, 0.5) is 26.3 Å². The predicted octanol–water partition coefficient (Wildman–Crippen LogP) is 5.99. The highest BCUT2D eigenvalue weighted by molar-refractivity contribution is 7.22. The fraction of sp³-hybridized carbons (Fsp3) is 0.217. The van der Waals surface area contributed by atoms with Crippen molar-refractivity contribution in [2.75, 3.05) is 0 Å². The molecule has 0 amide bonds. The number of rotatable bonds is 6. The topological polar surface area (TPSA) is 93.5 Å². The molecule has 4 aromatic rings. The SMILES string of the molecule is Cc1c(-c2ccc(Oc3ccc(Cl)cc3)c(OC(F)(F)F)c2)sc2c1c(=O)[nH]c(=O)n2CC(O)C(F)(F)F. The molecule has 0 saturated carbocycles. The quantitative estimate of drug-likeness (QED) is 0.273. The first kappa shape index (κ1) is 27.5. The molecule has 2 aromatic heterocycles. The molecule has 0 fully saturated rings. The molecule has 1 atom stereocenters. The van der Waals surface area contributed by atoms with Gasteiger partial charge in [-0.25, -0.2) is 4.79 Å². The molecule has 0 aliphatic rings. The molecule has 0 radical (unpaired) electrons. The summed E-state index contributed by atoms with van der Waals surface area (Å²) in [5.41, 5.74) is -1.81. The van der Waals surface area contributed by atoms with Crippen molar-refractivity contribution in [1.82, 2.24) is 9.55 Å². The zero-order valence-corrected chi connectivity index (χ0v) is 20.5. The maximum absolute atomic E-state index is 13.2. The van der Waals surface area contributed by atoms with E-state index in [9.17, 15) is 41.0 Å². The van der Waals surface area contributed by atoms with E-state index >= 15 is 0 Å². The van der Waals surface area contributed by atoms with Crippen LogP contribution in [0.25, 0.3) is 20.7 Å². The predicted molar refractivity (Wildman–Crippen MR) is 127 cm³/mol. The lowest BCUT2D eigenvalue weighted by atomic mass is 10.1. The molecule has 2 aromatic carbocycles. The van der Waals surface area contributed by atoms with Gasteiger partial charge in [0.25, 0.3) is 5.56 Å². The number of nitrogens with zero attached hydrogens (tertiary/aromatic N) is 1. The molecular weight excluding hydrogens is 566 g/mol. The number of aryl methyl sites for hydroxylation is 1. The first-order valence-electron chi connectivity index (χ1n) is 10.5. The van der Waals surface area contributed by atoms with Gasteiger partial charge in [0, 0.05) is 9.90 Å². The number of halogens is 7. The Morgan fingerprint density at radius 1 is 1.05 bits per heavy atom. The van der Waals surface area contributed by atoms with Gasteiger partial charge in [0.2, 0.25) is 0 Å². The summed E-state index contributed by atoms with van der Waals surface area (Å²) in [5.74, 6) is -0.887. The van der Waals surface area contributed by atoms with E-state index in [4.69, 9.17) is 16.3 Å². The van der Waals surface area contributed by atoms with Gasteiger partial charge in [-0.3, -0.25) is 14.3 Å². The minimum absolute atomic E-state index is 0.0983. The molecule has 1 unspecified atom stereocenters. The maximum Gasteiger partial charge on any atom is 0.573 e. The number of aliphatic hydroxyl groups is 1. The number of aliphatic hydroxyl groups excluding tert-OH is 1. The summed E-state index contributed by atoms with van der Waals surface area (Å²) in [7, 11) is 0. The van der Waals surface area contributed by atoms with Gasteiger partial charge in [-0.2, -0.15) is 13.2 Å². The summed E-state index contributed by atoms with van der Waals surface area (Å²) in [5, 5.41) is 9.70. The molecule has 0 spiro atoms. The van der Waals surface area contributed by atoms with Crippen LogP contribution < -0.4 is 20.7 Å². The van der Waals surface area contributed by atoms with Gasteiger partial charge in [-0.1, -0.05) is 11.6 Å². The van der Waals surface area contributed by atoms with Crippen LogP contribution >= 0.6 is 22.9 Å². The van der Waals surface area contributed by atoms with E-state index in [1.54, 1.807) is 0 Å². The Labute approximate surface area is 217 Å². The average molecular weight is 581 g/mol. The monoisotopic (exact) mass is 580 g/mol. The second-order valence-electron chi connectivity index (χ2n) is 7.93. The third-order valence-electron chi connectivity index (χ3n) is 5.27. The second kappa shape index (κ2) is 10.0. The van der Waals surface area contributed by atoms with Crippen molar-refractivity contribution >= 4 is 33.2 Å². The van der Waals surface area contributed by atoms with Gasteiger partial charge in [0.15, 0.2) is 17.6 Å². The Hall–Kier alpha value is -3.49. The Kier molecular flexibility index (Phi) is 7.25. The van der Waals surface area contributed by atoms with Crippen LogP contribution in [0.3, 0.4) is 0 Å². The number of nitrogens with one attached hydrogen (secondary N) is 1.